The number of carbonyl (C=O) groups is 1. The second-order valence-electron chi connectivity index (χ2n) is 7.18. The van der Waals surface area contributed by atoms with Gasteiger partial charge in [-0.2, -0.15) is 0 Å². The van der Waals surface area contributed by atoms with Crippen LogP contribution < -0.4 is 10.2 Å². The summed E-state index contributed by atoms with van der Waals surface area (Å²) in [5.74, 6) is -1.67. The van der Waals surface area contributed by atoms with Gasteiger partial charge in [0, 0.05) is 18.5 Å². The van der Waals surface area contributed by atoms with Crippen molar-refractivity contribution in [2.75, 3.05) is 10.2 Å². The summed E-state index contributed by atoms with van der Waals surface area (Å²) in [7, 11) is 0. The Labute approximate surface area is 195 Å². The molecular formula is C22H16F2N8OS. The summed E-state index contributed by atoms with van der Waals surface area (Å²) >= 11 is 1.49. The maximum absolute atomic E-state index is 13.8. The van der Waals surface area contributed by atoms with Crippen LogP contribution in [0.3, 0.4) is 0 Å². The number of nitrogens with one attached hydrogen (secondary N) is 1. The van der Waals surface area contributed by atoms with Gasteiger partial charge in [-0.25, -0.2) is 28.4 Å². The van der Waals surface area contributed by atoms with Crippen LogP contribution >= 0.6 is 11.3 Å². The highest BCUT2D eigenvalue weighted by molar-refractivity contribution is 7.22. The molecule has 0 saturated heterocycles. The van der Waals surface area contributed by atoms with Gasteiger partial charge in [-0.05, 0) is 30.3 Å². The van der Waals surface area contributed by atoms with Gasteiger partial charge >= 0.3 is 0 Å². The van der Waals surface area contributed by atoms with E-state index in [1.165, 1.54) is 16.0 Å². The van der Waals surface area contributed by atoms with Crippen molar-refractivity contribution in [1.82, 2.24) is 29.9 Å². The summed E-state index contributed by atoms with van der Waals surface area (Å²) in [6.45, 7) is 0.0604. The normalized spacial score (nSPS) is 11.0. The van der Waals surface area contributed by atoms with Crippen molar-refractivity contribution >= 4 is 44.2 Å². The van der Waals surface area contributed by atoms with E-state index in [0.29, 0.717) is 22.8 Å². The van der Waals surface area contributed by atoms with E-state index >= 15 is 0 Å². The molecule has 0 aliphatic heterocycles. The SMILES string of the molecule is O=C(Cn1cc(CN(c2ncccn2)c2nc3ccccc3s2)nn1)Nc1ccc(F)cc1F. The van der Waals surface area contributed by atoms with Crippen molar-refractivity contribution < 1.29 is 13.6 Å². The minimum Gasteiger partial charge on any atom is -0.322 e. The molecule has 0 bridgehead atoms. The lowest BCUT2D eigenvalue weighted by Gasteiger charge is -2.17. The maximum atomic E-state index is 13.8. The summed E-state index contributed by atoms with van der Waals surface area (Å²) in [4.78, 5) is 27.5. The fraction of sp³-hybridized carbons (Fsp3) is 0.0909. The second-order valence-corrected chi connectivity index (χ2v) is 8.19. The summed E-state index contributed by atoms with van der Waals surface area (Å²) in [6.07, 6.45) is 4.88. The molecule has 9 nitrogen and oxygen atoms in total. The van der Waals surface area contributed by atoms with E-state index in [4.69, 9.17) is 0 Å². The number of anilines is 3. The second kappa shape index (κ2) is 9.27. The lowest BCUT2D eigenvalue weighted by molar-refractivity contribution is -0.117. The number of thiazole rings is 1. The van der Waals surface area contributed by atoms with E-state index in [-0.39, 0.29) is 18.8 Å². The number of benzene rings is 2. The fourth-order valence-electron chi connectivity index (χ4n) is 3.21. The van der Waals surface area contributed by atoms with Crippen LogP contribution in [0.2, 0.25) is 0 Å². The van der Waals surface area contributed by atoms with Crippen molar-refractivity contribution in [3.63, 3.8) is 0 Å². The molecule has 0 saturated carbocycles. The van der Waals surface area contributed by atoms with Crippen molar-refractivity contribution in [2.45, 2.75) is 13.1 Å². The zero-order chi connectivity index (χ0) is 23.5. The predicted octanol–water partition coefficient (Wildman–Crippen LogP) is 3.93. The van der Waals surface area contributed by atoms with E-state index < -0.39 is 17.5 Å². The first-order valence-corrected chi connectivity index (χ1v) is 10.9. The lowest BCUT2D eigenvalue weighted by atomic mass is 10.3. The molecule has 5 aromatic rings. The molecular weight excluding hydrogens is 462 g/mol. The predicted molar refractivity (Wildman–Crippen MR) is 123 cm³/mol. The van der Waals surface area contributed by atoms with Crippen LogP contribution in [-0.2, 0) is 17.9 Å². The number of fused-ring (bicyclic) bond motifs is 1. The molecule has 3 heterocycles. The van der Waals surface area contributed by atoms with Crippen molar-refractivity contribution in [3.05, 3.63) is 84.4 Å². The number of para-hydroxylation sites is 1. The summed E-state index contributed by atoms with van der Waals surface area (Å²) in [5, 5.41) is 11.2. The molecule has 12 heteroatoms. The van der Waals surface area contributed by atoms with E-state index in [0.717, 1.165) is 22.3 Å². The minimum absolute atomic E-state index is 0.116. The third kappa shape index (κ3) is 4.71. The molecule has 0 unspecified atom stereocenters. The van der Waals surface area contributed by atoms with Crippen LogP contribution in [0.25, 0.3) is 10.2 Å². The first-order valence-electron chi connectivity index (χ1n) is 10.1. The highest BCUT2D eigenvalue weighted by Crippen LogP contribution is 2.32. The molecule has 170 valence electrons. The Morgan fingerprint density at radius 1 is 1.09 bits per heavy atom. The number of rotatable bonds is 7. The molecule has 0 radical (unpaired) electrons. The Kier molecular flexibility index (Phi) is 5.87. The largest absolute Gasteiger partial charge is 0.322 e. The summed E-state index contributed by atoms with van der Waals surface area (Å²) in [6, 6.07) is 12.4. The van der Waals surface area contributed by atoms with Crippen molar-refractivity contribution in [3.8, 4) is 0 Å². The van der Waals surface area contributed by atoms with Gasteiger partial charge in [0.15, 0.2) is 5.13 Å². The first kappa shape index (κ1) is 21.5. The molecule has 0 aliphatic carbocycles. The number of carbonyl (C=O) groups excluding carboxylic acids is 1. The Morgan fingerprint density at radius 2 is 1.91 bits per heavy atom. The zero-order valence-electron chi connectivity index (χ0n) is 17.5. The molecule has 0 spiro atoms. The number of amides is 1. The Bertz CT molecular complexity index is 1420. The third-order valence-corrected chi connectivity index (χ3v) is 5.78. The van der Waals surface area contributed by atoms with Gasteiger partial charge in [0.1, 0.15) is 23.9 Å². The maximum Gasteiger partial charge on any atom is 0.246 e. The molecule has 1 amide bonds. The molecule has 5 rings (SSSR count). The summed E-state index contributed by atoms with van der Waals surface area (Å²) in [5.41, 5.74) is 1.29. The lowest BCUT2D eigenvalue weighted by Crippen LogP contribution is -2.20. The molecule has 3 aromatic heterocycles. The Balaban J connectivity index is 1.34. The highest BCUT2D eigenvalue weighted by atomic mass is 32.1. The van der Waals surface area contributed by atoms with Crippen molar-refractivity contribution in [2.24, 2.45) is 0 Å². The van der Waals surface area contributed by atoms with Crippen LogP contribution in [0.4, 0.5) is 25.5 Å². The van der Waals surface area contributed by atoms with Crippen molar-refractivity contribution in [1.29, 1.82) is 0 Å². The number of halogens is 2. The van der Waals surface area contributed by atoms with Gasteiger partial charge in [-0.15, -0.1) is 5.10 Å². The average Bonchev–Trinajstić information content (AvgIpc) is 3.46. The highest BCUT2D eigenvalue weighted by Gasteiger charge is 2.19. The van der Waals surface area contributed by atoms with E-state index in [2.05, 4.69) is 30.6 Å². The quantitative estimate of drug-likeness (QED) is 0.378. The van der Waals surface area contributed by atoms with Crippen LogP contribution in [0, 0.1) is 11.6 Å². The Morgan fingerprint density at radius 3 is 2.71 bits per heavy atom. The van der Waals surface area contributed by atoms with Gasteiger partial charge in [0.2, 0.25) is 11.9 Å². The van der Waals surface area contributed by atoms with Crippen LogP contribution in [0.1, 0.15) is 5.69 Å². The van der Waals surface area contributed by atoms with E-state index in [1.54, 1.807) is 24.7 Å². The van der Waals surface area contributed by atoms with Gasteiger partial charge in [-0.1, -0.05) is 28.7 Å². The average molecular weight is 478 g/mol. The van der Waals surface area contributed by atoms with E-state index in [1.807, 2.05) is 29.2 Å². The molecule has 1 N–H and O–H groups in total. The number of nitrogens with zero attached hydrogens (tertiary/aromatic N) is 7. The third-order valence-electron chi connectivity index (χ3n) is 4.72. The molecule has 0 atom stereocenters. The molecule has 0 fully saturated rings. The van der Waals surface area contributed by atoms with Crippen LogP contribution in [0.15, 0.2) is 67.1 Å². The minimum atomic E-state index is -0.859. The zero-order valence-corrected chi connectivity index (χ0v) is 18.3. The number of hydrogen-bond donors (Lipinski definition) is 1. The van der Waals surface area contributed by atoms with Gasteiger partial charge in [0.25, 0.3) is 0 Å². The topological polar surface area (TPSA) is 102 Å². The number of hydrogen-bond acceptors (Lipinski definition) is 8. The standard InChI is InChI=1S/C22H16F2N8OS/c23-14-6-7-17(16(24)10-14)27-20(33)13-31-11-15(29-30-31)12-32(21-25-8-3-9-26-21)22-28-18-4-1-2-5-19(18)34-22/h1-11H,12-13H2,(H,27,33). The van der Waals surface area contributed by atoms with Gasteiger partial charge in [-0.3, -0.25) is 9.69 Å². The summed E-state index contributed by atoms with van der Waals surface area (Å²) < 4.78 is 29.2. The molecule has 2 aromatic carbocycles. The number of aromatic nitrogens is 6. The fourth-order valence-corrected chi connectivity index (χ4v) is 4.17. The van der Waals surface area contributed by atoms with Gasteiger partial charge in [0.05, 0.1) is 28.6 Å². The van der Waals surface area contributed by atoms with Gasteiger partial charge < -0.3 is 5.32 Å². The molecule has 0 aliphatic rings. The first-order chi connectivity index (χ1) is 16.5. The van der Waals surface area contributed by atoms with Crippen LogP contribution in [0.5, 0.6) is 0 Å². The smallest absolute Gasteiger partial charge is 0.246 e. The Hall–Kier alpha value is -4.32. The monoisotopic (exact) mass is 478 g/mol. The molecule has 34 heavy (non-hydrogen) atoms. The van der Waals surface area contributed by atoms with Crippen LogP contribution in [-0.4, -0.2) is 35.9 Å². The van der Waals surface area contributed by atoms with E-state index in [9.17, 15) is 13.6 Å².